The van der Waals surface area contributed by atoms with Crippen molar-refractivity contribution in [2.45, 2.75) is 13.3 Å². The van der Waals surface area contributed by atoms with Gasteiger partial charge in [0.25, 0.3) is 5.95 Å². The van der Waals surface area contributed by atoms with E-state index >= 15 is 0 Å². The maximum absolute atomic E-state index is 4.44. The summed E-state index contributed by atoms with van der Waals surface area (Å²) in [6.07, 6.45) is 0.774. The predicted octanol–water partition coefficient (Wildman–Crippen LogP) is 3.54. The SMILES string of the molecule is C/C(Cc1ccccc1)=N/Nc1nnc2c(n1)[nH]c1ccccc12. The molecule has 0 spiro atoms. The fourth-order valence-electron chi connectivity index (χ4n) is 2.64. The number of nitrogens with zero attached hydrogens (tertiary/aromatic N) is 4. The summed E-state index contributed by atoms with van der Waals surface area (Å²) < 4.78 is 0. The maximum Gasteiger partial charge on any atom is 0.265 e. The third-order valence-electron chi connectivity index (χ3n) is 3.77. The average Bonchev–Trinajstić information content (AvgIpc) is 2.98. The van der Waals surface area contributed by atoms with Crippen molar-refractivity contribution in [3.05, 3.63) is 60.2 Å². The van der Waals surface area contributed by atoms with E-state index in [4.69, 9.17) is 0 Å². The molecule has 0 amide bonds. The highest BCUT2D eigenvalue weighted by Crippen LogP contribution is 2.21. The lowest BCUT2D eigenvalue weighted by Gasteiger charge is -2.02. The molecule has 4 aromatic rings. The Morgan fingerprint density at radius 3 is 2.71 bits per heavy atom. The average molecular weight is 316 g/mol. The molecule has 118 valence electrons. The molecule has 0 saturated carbocycles. The Balaban J connectivity index is 1.56. The fourth-order valence-corrected chi connectivity index (χ4v) is 2.64. The highest BCUT2D eigenvalue weighted by Gasteiger charge is 2.08. The van der Waals surface area contributed by atoms with Crippen LogP contribution in [0.3, 0.4) is 0 Å². The molecular formula is C18H16N6. The number of anilines is 1. The number of aromatic nitrogens is 4. The minimum atomic E-state index is 0.376. The van der Waals surface area contributed by atoms with E-state index in [1.54, 1.807) is 0 Å². The summed E-state index contributed by atoms with van der Waals surface area (Å²) in [5, 5.41) is 13.7. The zero-order valence-corrected chi connectivity index (χ0v) is 13.2. The minimum Gasteiger partial charge on any atom is -0.338 e. The molecule has 24 heavy (non-hydrogen) atoms. The molecule has 6 heteroatoms. The molecule has 0 atom stereocenters. The molecule has 0 bridgehead atoms. The molecule has 0 unspecified atom stereocenters. The Hall–Kier alpha value is -3.28. The predicted molar refractivity (Wildman–Crippen MR) is 96.1 cm³/mol. The number of hydrazone groups is 1. The molecule has 0 fully saturated rings. The van der Waals surface area contributed by atoms with Crippen molar-refractivity contribution in [3.8, 4) is 0 Å². The molecule has 0 saturated heterocycles. The quantitative estimate of drug-likeness (QED) is 0.446. The van der Waals surface area contributed by atoms with Crippen LogP contribution in [0.15, 0.2) is 59.7 Å². The van der Waals surface area contributed by atoms with Gasteiger partial charge in [-0.2, -0.15) is 10.1 Å². The largest absolute Gasteiger partial charge is 0.338 e. The van der Waals surface area contributed by atoms with E-state index in [1.807, 2.05) is 49.4 Å². The van der Waals surface area contributed by atoms with Crippen LogP contribution in [-0.2, 0) is 6.42 Å². The van der Waals surface area contributed by atoms with Gasteiger partial charge in [0.1, 0.15) is 5.52 Å². The number of benzene rings is 2. The number of para-hydroxylation sites is 1. The fraction of sp³-hybridized carbons (Fsp3) is 0.111. The van der Waals surface area contributed by atoms with Crippen molar-refractivity contribution in [1.82, 2.24) is 20.2 Å². The second-order valence-electron chi connectivity index (χ2n) is 5.62. The van der Waals surface area contributed by atoms with Gasteiger partial charge < -0.3 is 4.98 Å². The standard InChI is InChI=1S/C18H16N6/c1-12(11-13-7-3-2-4-8-13)21-23-18-20-17-16(22-24-18)14-9-5-6-10-15(14)19-17/h2-10H,11H2,1H3,(H2,19,20,23,24)/b21-12-. The van der Waals surface area contributed by atoms with Gasteiger partial charge in [-0.3, -0.25) is 0 Å². The summed E-state index contributed by atoms with van der Waals surface area (Å²) in [4.78, 5) is 7.69. The van der Waals surface area contributed by atoms with Gasteiger partial charge >= 0.3 is 0 Å². The zero-order valence-electron chi connectivity index (χ0n) is 13.2. The van der Waals surface area contributed by atoms with Crippen LogP contribution in [-0.4, -0.2) is 25.9 Å². The van der Waals surface area contributed by atoms with Crippen LogP contribution in [0.2, 0.25) is 0 Å². The topological polar surface area (TPSA) is 78.8 Å². The Bertz CT molecular complexity index is 1020. The number of hydrogen-bond donors (Lipinski definition) is 2. The Morgan fingerprint density at radius 2 is 1.83 bits per heavy atom. The number of fused-ring (bicyclic) bond motifs is 3. The molecule has 2 heterocycles. The molecule has 0 radical (unpaired) electrons. The highest BCUT2D eigenvalue weighted by molar-refractivity contribution is 6.03. The number of hydrogen-bond acceptors (Lipinski definition) is 5. The first-order valence-corrected chi connectivity index (χ1v) is 7.74. The molecule has 4 rings (SSSR count). The van der Waals surface area contributed by atoms with E-state index in [0.29, 0.717) is 11.6 Å². The summed E-state index contributed by atoms with van der Waals surface area (Å²) in [6.45, 7) is 1.97. The van der Waals surface area contributed by atoms with E-state index in [2.05, 4.69) is 42.8 Å². The smallest absolute Gasteiger partial charge is 0.265 e. The molecular weight excluding hydrogens is 300 g/mol. The van der Waals surface area contributed by atoms with Gasteiger partial charge in [-0.05, 0) is 18.6 Å². The first kappa shape index (κ1) is 14.3. The number of aromatic amines is 1. The van der Waals surface area contributed by atoms with Gasteiger partial charge in [0.15, 0.2) is 5.65 Å². The lowest BCUT2D eigenvalue weighted by Crippen LogP contribution is -2.04. The van der Waals surface area contributed by atoms with E-state index in [-0.39, 0.29) is 0 Å². The third kappa shape index (κ3) is 2.81. The van der Waals surface area contributed by atoms with Crippen molar-refractivity contribution in [2.24, 2.45) is 5.10 Å². The van der Waals surface area contributed by atoms with Crippen LogP contribution in [0.25, 0.3) is 22.1 Å². The van der Waals surface area contributed by atoms with Crippen molar-refractivity contribution >= 4 is 33.7 Å². The van der Waals surface area contributed by atoms with Crippen molar-refractivity contribution < 1.29 is 0 Å². The monoisotopic (exact) mass is 316 g/mol. The molecule has 0 aliphatic rings. The maximum atomic E-state index is 4.44. The molecule has 2 aromatic heterocycles. The number of H-pyrrole nitrogens is 1. The Labute approximate surface area is 138 Å². The third-order valence-corrected chi connectivity index (χ3v) is 3.77. The van der Waals surface area contributed by atoms with Crippen LogP contribution in [0, 0.1) is 0 Å². The molecule has 0 aliphatic heterocycles. The molecule has 2 N–H and O–H groups in total. The van der Waals surface area contributed by atoms with Crippen LogP contribution in [0.5, 0.6) is 0 Å². The van der Waals surface area contributed by atoms with Gasteiger partial charge in [0, 0.05) is 23.0 Å². The lowest BCUT2D eigenvalue weighted by molar-refractivity contribution is 1.00. The van der Waals surface area contributed by atoms with Crippen LogP contribution in [0.1, 0.15) is 12.5 Å². The van der Waals surface area contributed by atoms with E-state index in [9.17, 15) is 0 Å². The zero-order chi connectivity index (χ0) is 16.4. The second kappa shape index (κ2) is 6.08. The van der Waals surface area contributed by atoms with E-state index in [0.717, 1.165) is 28.6 Å². The Kier molecular flexibility index (Phi) is 3.63. The van der Waals surface area contributed by atoms with Gasteiger partial charge in [-0.1, -0.05) is 48.5 Å². The van der Waals surface area contributed by atoms with Gasteiger partial charge in [-0.15, -0.1) is 10.2 Å². The summed E-state index contributed by atoms with van der Waals surface area (Å²) in [7, 11) is 0. The van der Waals surface area contributed by atoms with E-state index < -0.39 is 0 Å². The van der Waals surface area contributed by atoms with Crippen LogP contribution < -0.4 is 5.43 Å². The molecule has 6 nitrogen and oxygen atoms in total. The summed E-state index contributed by atoms with van der Waals surface area (Å²) in [5.41, 5.74) is 7.50. The highest BCUT2D eigenvalue weighted by atomic mass is 15.4. The first-order valence-electron chi connectivity index (χ1n) is 7.74. The van der Waals surface area contributed by atoms with Gasteiger partial charge in [0.05, 0.1) is 0 Å². The van der Waals surface area contributed by atoms with Crippen LogP contribution in [0.4, 0.5) is 5.95 Å². The number of rotatable bonds is 4. The minimum absolute atomic E-state index is 0.376. The van der Waals surface area contributed by atoms with Crippen LogP contribution >= 0.6 is 0 Å². The Morgan fingerprint density at radius 1 is 1.04 bits per heavy atom. The normalized spacial score (nSPS) is 12.0. The summed E-state index contributed by atoms with van der Waals surface area (Å²) in [5.74, 6) is 0.376. The van der Waals surface area contributed by atoms with E-state index in [1.165, 1.54) is 5.56 Å². The molecule has 0 aliphatic carbocycles. The van der Waals surface area contributed by atoms with Crippen molar-refractivity contribution in [1.29, 1.82) is 0 Å². The van der Waals surface area contributed by atoms with Gasteiger partial charge in [-0.25, -0.2) is 5.43 Å². The lowest BCUT2D eigenvalue weighted by atomic mass is 10.1. The molecule has 2 aromatic carbocycles. The number of nitrogens with one attached hydrogen (secondary N) is 2. The van der Waals surface area contributed by atoms with Crippen molar-refractivity contribution in [3.63, 3.8) is 0 Å². The van der Waals surface area contributed by atoms with Gasteiger partial charge in [0.2, 0.25) is 0 Å². The first-order chi connectivity index (χ1) is 11.8. The second-order valence-corrected chi connectivity index (χ2v) is 5.62. The summed E-state index contributed by atoms with van der Waals surface area (Å²) in [6, 6.07) is 18.1. The van der Waals surface area contributed by atoms with Crippen molar-refractivity contribution in [2.75, 3.05) is 5.43 Å². The summed E-state index contributed by atoms with van der Waals surface area (Å²) >= 11 is 0.